The zero-order chi connectivity index (χ0) is 12.5. The van der Waals surface area contributed by atoms with Gasteiger partial charge in [-0.3, -0.25) is 4.98 Å². The van der Waals surface area contributed by atoms with E-state index in [9.17, 15) is 0 Å². The van der Waals surface area contributed by atoms with Crippen LogP contribution in [0.2, 0.25) is 0 Å². The fourth-order valence-electron chi connectivity index (χ4n) is 2.06. The molecule has 1 atom stereocenters. The lowest BCUT2D eigenvalue weighted by Crippen LogP contribution is -2.19. The van der Waals surface area contributed by atoms with E-state index in [1.807, 2.05) is 6.20 Å². The van der Waals surface area contributed by atoms with E-state index in [0.29, 0.717) is 11.3 Å². The minimum Gasteiger partial charge on any atom is -0.384 e. The highest BCUT2D eigenvalue weighted by Gasteiger charge is 2.41. The van der Waals surface area contributed by atoms with Gasteiger partial charge in [0.25, 0.3) is 0 Å². The van der Waals surface area contributed by atoms with Crippen molar-refractivity contribution in [1.82, 2.24) is 4.98 Å². The molecule has 1 aliphatic carbocycles. The Morgan fingerprint density at radius 1 is 1.29 bits per heavy atom. The van der Waals surface area contributed by atoms with E-state index in [4.69, 9.17) is 0 Å². The van der Waals surface area contributed by atoms with Crippen LogP contribution in [0.4, 0.5) is 5.69 Å². The van der Waals surface area contributed by atoms with Crippen LogP contribution in [0.1, 0.15) is 52.1 Å². The highest BCUT2D eigenvalue weighted by atomic mass is 14.9. The van der Waals surface area contributed by atoms with Gasteiger partial charge in [-0.1, -0.05) is 27.7 Å². The lowest BCUT2D eigenvalue weighted by Gasteiger charge is -2.19. The Kier molecular flexibility index (Phi) is 3.41. The number of aromatic nitrogens is 1. The average molecular weight is 232 g/mol. The van der Waals surface area contributed by atoms with Crippen molar-refractivity contribution in [3.05, 3.63) is 24.0 Å². The summed E-state index contributed by atoms with van der Waals surface area (Å²) in [6.45, 7) is 10.1. The quantitative estimate of drug-likeness (QED) is 0.828. The first-order valence-corrected chi connectivity index (χ1v) is 6.71. The van der Waals surface area contributed by atoms with Gasteiger partial charge in [-0.2, -0.15) is 0 Å². The molecule has 2 heteroatoms. The molecule has 1 aliphatic rings. The average Bonchev–Trinajstić information content (AvgIpc) is 3.06. The number of rotatable bonds is 5. The second-order valence-corrected chi connectivity index (χ2v) is 6.06. The Labute approximate surface area is 105 Å². The zero-order valence-electron chi connectivity index (χ0n) is 11.5. The van der Waals surface area contributed by atoms with E-state index >= 15 is 0 Å². The number of nitrogens with one attached hydrogen (secondary N) is 1. The summed E-state index contributed by atoms with van der Waals surface area (Å²) >= 11 is 0. The van der Waals surface area contributed by atoms with Crippen LogP contribution in [-0.4, -0.2) is 11.5 Å². The molecule has 17 heavy (non-hydrogen) atoms. The molecule has 1 aromatic heterocycles. The van der Waals surface area contributed by atoms with Gasteiger partial charge in [0, 0.05) is 12.2 Å². The largest absolute Gasteiger partial charge is 0.384 e. The lowest BCUT2D eigenvalue weighted by molar-refractivity contribution is 0.382. The first kappa shape index (κ1) is 12.4. The van der Waals surface area contributed by atoms with Crippen molar-refractivity contribution >= 4 is 5.69 Å². The molecule has 1 unspecified atom stereocenters. The Morgan fingerprint density at radius 3 is 2.47 bits per heavy atom. The second kappa shape index (κ2) is 4.67. The van der Waals surface area contributed by atoms with Gasteiger partial charge < -0.3 is 5.32 Å². The maximum absolute atomic E-state index is 4.47. The summed E-state index contributed by atoms with van der Waals surface area (Å²) in [5.74, 6) is 1.25. The van der Waals surface area contributed by atoms with E-state index in [-0.39, 0.29) is 0 Å². The number of pyridine rings is 1. The predicted molar refractivity (Wildman–Crippen MR) is 73.3 cm³/mol. The summed E-state index contributed by atoms with van der Waals surface area (Å²) < 4.78 is 0. The van der Waals surface area contributed by atoms with Crippen LogP contribution < -0.4 is 5.32 Å². The summed E-state index contributed by atoms with van der Waals surface area (Å²) in [6.07, 6.45) is 4.73. The molecule has 0 aromatic carbocycles. The molecule has 1 N–H and O–H groups in total. The zero-order valence-corrected chi connectivity index (χ0v) is 11.5. The molecule has 1 aromatic rings. The molecule has 94 valence electrons. The van der Waals surface area contributed by atoms with Gasteiger partial charge in [0.05, 0.1) is 11.9 Å². The Balaban J connectivity index is 1.86. The van der Waals surface area contributed by atoms with Crippen LogP contribution >= 0.6 is 0 Å². The third-order valence-corrected chi connectivity index (χ3v) is 4.22. The molecule has 0 aliphatic heterocycles. The fraction of sp³-hybridized carbons (Fsp3) is 0.667. The smallest absolute Gasteiger partial charge is 0.0527 e. The molecule has 2 nitrogen and oxygen atoms in total. The summed E-state index contributed by atoms with van der Waals surface area (Å²) in [5.41, 5.74) is 2.90. The molecule has 0 spiro atoms. The van der Waals surface area contributed by atoms with Crippen LogP contribution in [0.3, 0.4) is 0 Å². The Bertz CT molecular complexity index is 363. The molecule has 0 amide bonds. The van der Waals surface area contributed by atoms with Crippen LogP contribution in [0.5, 0.6) is 0 Å². The molecule has 0 bridgehead atoms. The lowest BCUT2D eigenvalue weighted by atomic mass is 9.93. The molecule has 1 fully saturated rings. The van der Waals surface area contributed by atoms with Gasteiger partial charge in [0.15, 0.2) is 0 Å². The summed E-state index contributed by atoms with van der Waals surface area (Å²) in [7, 11) is 0. The molecule has 0 saturated heterocycles. The van der Waals surface area contributed by atoms with Gasteiger partial charge in [-0.25, -0.2) is 0 Å². The van der Waals surface area contributed by atoms with Crippen molar-refractivity contribution in [1.29, 1.82) is 0 Å². The standard InChI is InChI=1S/C15H24N2/c1-11(2)14-6-5-13(10-17-14)16-9-12(3)15(4)7-8-15/h5-6,10-12,16H,7-9H2,1-4H3. The van der Waals surface area contributed by atoms with Gasteiger partial charge in [0.1, 0.15) is 0 Å². The van der Waals surface area contributed by atoms with Gasteiger partial charge >= 0.3 is 0 Å². The molecular formula is C15H24N2. The first-order valence-electron chi connectivity index (χ1n) is 6.71. The molecule has 2 rings (SSSR count). The van der Waals surface area contributed by atoms with E-state index in [1.54, 1.807) is 0 Å². The summed E-state index contributed by atoms with van der Waals surface area (Å²) in [5, 5.41) is 3.49. The number of anilines is 1. The van der Waals surface area contributed by atoms with Crippen molar-refractivity contribution in [2.75, 3.05) is 11.9 Å². The molecule has 0 radical (unpaired) electrons. The predicted octanol–water partition coefficient (Wildman–Crippen LogP) is 4.05. The van der Waals surface area contributed by atoms with E-state index in [1.165, 1.54) is 12.8 Å². The minimum atomic E-state index is 0.508. The Morgan fingerprint density at radius 2 is 2.00 bits per heavy atom. The summed E-state index contributed by atoms with van der Waals surface area (Å²) in [4.78, 5) is 4.47. The minimum absolute atomic E-state index is 0.508. The summed E-state index contributed by atoms with van der Waals surface area (Å²) in [6, 6.07) is 4.26. The molecular weight excluding hydrogens is 208 g/mol. The third-order valence-electron chi connectivity index (χ3n) is 4.22. The maximum atomic E-state index is 4.47. The van der Waals surface area contributed by atoms with Crippen LogP contribution in [0.15, 0.2) is 18.3 Å². The number of hydrogen-bond donors (Lipinski definition) is 1. The van der Waals surface area contributed by atoms with Crippen molar-refractivity contribution in [2.45, 2.75) is 46.5 Å². The van der Waals surface area contributed by atoms with E-state index in [0.717, 1.165) is 23.8 Å². The van der Waals surface area contributed by atoms with Gasteiger partial charge in [0.2, 0.25) is 0 Å². The molecule has 1 saturated carbocycles. The fourth-order valence-corrected chi connectivity index (χ4v) is 2.06. The van der Waals surface area contributed by atoms with E-state index < -0.39 is 0 Å². The highest BCUT2D eigenvalue weighted by molar-refractivity contribution is 5.41. The van der Waals surface area contributed by atoms with Crippen molar-refractivity contribution < 1.29 is 0 Å². The second-order valence-electron chi connectivity index (χ2n) is 6.06. The Hall–Kier alpha value is -1.05. The monoisotopic (exact) mass is 232 g/mol. The topological polar surface area (TPSA) is 24.9 Å². The first-order chi connectivity index (χ1) is 8.01. The highest BCUT2D eigenvalue weighted by Crippen LogP contribution is 2.51. The van der Waals surface area contributed by atoms with Crippen LogP contribution in [0.25, 0.3) is 0 Å². The molecule has 1 heterocycles. The van der Waals surface area contributed by atoms with Crippen molar-refractivity contribution in [3.63, 3.8) is 0 Å². The maximum Gasteiger partial charge on any atom is 0.0527 e. The number of hydrogen-bond acceptors (Lipinski definition) is 2. The van der Waals surface area contributed by atoms with Gasteiger partial charge in [-0.05, 0) is 42.2 Å². The van der Waals surface area contributed by atoms with Crippen molar-refractivity contribution in [2.24, 2.45) is 11.3 Å². The van der Waals surface area contributed by atoms with Crippen LogP contribution in [0, 0.1) is 11.3 Å². The van der Waals surface area contributed by atoms with Crippen molar-refractivity contribution in [3.8, 4) is 0 Å². The normalized spacial score (nSPS) is 19.1. The van der Waals surface area contributed by atoms with Crippen LogP contribution in [-0.2, 0) is 0 Å². The van der Waals surface area contributed by atoms with Gasteiger partial charge in [-0.15, -0.1) is 0 Å². The number of nitrogens with zero attached hydrogens (tertiary/aromatic N) is 1. The van der Waals surface area contributed by atoms with E-state index in [2.05, 4.69) is 50.1 Å². The third kappa shape index (κ3) is 2.99. The SMILES string of the molecule is CC(C)c1ccc(NCC(C)C2(C)CC2)cn1.